The van der Waals surface area contributed by atoms with E-state index in [-0.39, 0.29) is 11.8 Å². The highest BCUT2D eigenvalue weighted by atomic mass is 16.1. The first-order valence-corrected chi connectivity index (χ1v) is 13.1. The minimum absolute atomic E-state index is 0.149. The number of amides is 1. The van der Waals surface area contributed by atoms with Crippen molar-refractivity contribution >= 4 is 16.8 Å². The topological polar surface area (TPSA) is 46.9 Å². The first-order chi connectivity index (χ1) is 17.3. The molecule has 2 aromatic heterocycles. The van der Waals surface area contributed by atoms with Crippen molar-refractivity contribution in [3.05, 3.63) is 102 Å². The van der Waals surface area contributed by atoms with Crippen LogP contribution in [-0.2, 0) is 17.8 Å². The van der Waals surface area contributed by atoms with Gasteiger partial charge in [-0.3, -0.25) is 9.78 Å². The van der Waals surface area contributed by atoms with E-state index in [1.54, 1.807) is 0 Å². The predicted molar refractivity (Wildman–Crippen MR) is 142 cm³/mol. The van der Waals surface area contributed by atoms with Crippen LogP contribution in [0.5, 0.6) is 0 Å². The lowest BCUT2D eigenvalue weighted by atomic mass is 9.75. The van der Waals surface area contributed by atoms with Crippen LogP contribution in [-0.4, -0.2) is 22.0 Å². The second kappa shape index (κ2) is 11.4. The quantitative estimate of drug-likeness (QED) is 0.307. The SMILES string of the molecule is O=C(CC(c1cn(Cc2ccccc2)c2ccccc12)C1CCCCC1)NCCc1ccccn1. The lowest BCUT2D eigenvalue weighted by Crippen LogP contribution is -2.29. The molecule has 1 saturated carbocycles. The molecule has 180 valence electrons. The molecule has 4 nitrogen and oxygen atoms in total. The van der Waals surface area contributed by atoms with Crippen molar-refractivity contribution in [2.24, 2.45) is 5.92 Å². The molecule has 1 unspecified atom stereocenters. The summed E-state index contributed by atoms with van der Waals surface area (Å²) in [5, 5.41) is 4.47. The average Bonchev–Trinajstić information content (AvgIpc) is 3.27. The Hall–Kier alpha value is -3.40. The zero-order chi connectivity index (χ0) is 23.9. The van der Waals surface area contributed by atoms with Gasteiger partial charge in [0.05, 0.1) is 0 Å². The van der Waals surface area contributed by atoms with Gasteiger partial charge in [-0.15, -0.1) is 0 Å². The molecular formula is C31H35N3O. The Kier molecular flexibility index (Phi) is 7.57. The summed E-state index contributed by atoms with van der Waals surface area (Å²) in [4.78, 5) is 17.5. The van der Waals surface area contributed by atoms with Crippen molar-refractivity contribution in [3.63, 3.8) is 0 Å². The van der Waals surface area contributed by atoms with Crippen molar-refractivity contribution in [1.82, 2.24) is 14.9 Å². The summed E-state index contributed by atoms with van der Waals surface area (Å²) in [5.41, 5.74) is 4.90. The van der Waals surface area contributed by atoms with E-state index in [1.165, 1.54) is 54.1 Å². The van der Waals surface area contributed by atoms with Crippen LogP contribution in [0, 0.1) is 5.92 Å². The Morgan fingerprint density at radius 3 is 2.51 bits per heavy atom. The minimum atomic E-state index is 0.149. The van der Waals surface area contributed by atoms with Gasteiger partial charge in [0.25, 0.3) is 0 Å². The van der Waals surface area contributed by atoms with Gasteiger partial charge >= 0.3 is 0 Å². The van der Waals surface area contributed by atoms with Crippen molar-refractivity contribution < 1.29 is 4.79 Å². The number of para-hydroxylation sites is 1. The van der Waals surface area contributed by atoms with E-state index in [0.717, 1.165) is 18.7 Å². The van der Waals surface area contributed by atoms with Crippen LogP contribution in [0.3, 0.4) is 0 Å². The summed E-state index contributed by atoms with van der Waals surface area (Å²) < 4.78 is 2.37. The van der Waals surface area contributed by atoms with Crippen molar-refractivity contribution in [1.29, 1.82) is 0 Å². The highest BCUT2D eigenvalue weighted by molar-refractivity contribution is 5.86. The Morgan fingerprint density at radius 1 is 0.943 bits per heavy atom. The highest BCUT2D eigenvalue weighted by Gasteiger charge is 2.29. The molecule has 0 aliphatic heterocycles. The summed E-state index contributed by atoms with van der Waals surface area (Å²) in [7, 11) is 0. The third kappa shape index (κ3) is 5.82. The zero-order valence-electron chi connectivity index (χ0n) is 20.4. The first kappa shape index (κ1) is 23.3. The maximum absolute atomic E-state index is 13.2. The molecule has 1 atom stereocenters. The Labute approximate surface area is 208 Å². The largest absolute Gasteiger partial charge is 0.356 e. The fourth-order valence-corrected chi connectivity index (χ4v) is 5.70. The Balaban J connectivity index is 1.38. The van der Waals surface area contributed by atoms with E-state index in [2.05, 4.69) is 75.7 Å². The lowest BCUT2D eigenvalue weighted by Gasteiger charge is -2.30. The fourth-order valence-electron chi connectivity index (χ4n) is 5.70. The third-order valence-corrected chi connectivity index (χ3v) is 7.47. The summed E-state index contributed by atoms with van der Waals surface area (Å²) in [6.07, 6.45) is 11.7. The number of hydrogen-bond acceptors (Lipinski definition) is 2. The van der Waals surface area contributed by atoms with E-state index in [9.17, 15) is 4.79 Å². The molecule has 1 aliphatic rings. The lowest BCUT2D eigenvalue weighted by molar-refractivity contribution is -0.121. The summed E-state index contributed by atoms with van der Waals surface area (Å²) >= 11 is 0. The summed E-state index contributed by atoms with van der Waals surface area (Å²) in [6, 6.07) is 25.3. The fraction of sp³-hybridized carbons (Fsp3) is 0.355. The van der Waals surface area contributed by atoms with Gasteiger partial charge in [-0.25, -0.2) is 0 Å². The molecule has 2 aromatic carbocycles. The number of hydrogen-bond donors (Lipinski definition) is 1. The molecule has 1 aliphatic carbocycles. The second-order valence-corrected chi connectivity index (χ2v) is 9.84. The van der Waals surface area contributed by atoms with Crippen molar-refractivity contribution in [2.45, 2.75) is 57.4 Å². The maximum atomic E-state index is 13.2. The standard InChI is InChI=1S/C31H35N3O/c35-31(33-20-18-26-15-9-10-19-32-26)21-28(25-13-5-2-6-14-25)29-23-34(22-24-11-3-1-4-12-24)30-17-8-7-16-27(29)30/h1,3-4,7-12,15-17,19,23,25,28H,2,5-6,13-14,18,20-22H2,(H,33,35). The third-order valence-electron chi connectivity index (χ3n) is 7.47. The van der Waals surface area contributed by atoms with Gasteiger partial charge in [0.1, 0.15) is 0 Å². The van der Waals surface area contributed by atoms with Gasteiger partial charge in [-0.2, -0.15) is 0 Å². The van der Waals surface area contributed by atoms with Gasteiger partial charge in [-0.1, -0.05) is 73.9 Å². The number of rotatable bonds is 9. The molecule has 4 aromatic rings. The van der Waals surface area contributed by atoms with Crippen molar-refractivity contribution in [3.8, 4) is 0 Å². The van der Waals surface area contributed by atoms with Crippen LogP contribution in [0.2, 0.25) is 0 Å². The molecule has 0 saturated heterocycles. The normalized spacial score (nSPS) is 15.2. The van der Waals surface area contributed by atoms with Crippen LogP contribution < -0.4 is 5.32 Å². The Morgan fingerprint density at radius 2 is 1.71 bits per heavy atom. The minimum Gasteiger partial charge on any atom is -0.356 e. The van der Waals surface area contributed by atoms with E-state index >= 15 is 0 Å². The van der Waals surface area contributed by atoms with E-state index in [0.29, 0.717) is 18.9 Å². The smallest absolute Gasteiger partial charge is 0.220 e. The zero-order valence-corrected chi connectivity index (χ0v) is 20.4. The highest BCUT2D eigenvalue weighted by Crippen LogP contribution is 2.41. The number of nitrogens with zero attached hydrogens (tertiary/aromatic N) is 2. The van der Waals surface area contributed by atoms with Gasteiger partial charge in [-0.05, 0) is 54.0 Å². The number of pyridine rings is 1. The first-order valence-electron chi connectivity index (χ1n) is 13.1. The van der Waals surface area contributed by atoms with E-state index in [4.69, 9.17) is 0 Å². The molecule has 2 heterocycles. The molecule has 0 bridgehead atoms. The van der Waals surface area contributed by atoms with Crippen LogP contribution in [0.15, 0.2) is 85.2 Å². The van der Waals surface area contributed by atoms with Crippen LogP contribution >= 0.6 is 0 Å². The second-order valence-electron chi connectivity index (χ2n) is 9.84. The molecular weight excluding hydrogens is 430 g/mol. The monoisotopic (exact) mass is 465 g/mol. The van der Waals surface area contributed by atoms with Crippen LogP contribution in [0.25, 0.3) is 10.9 Å². The molecule has 4 heteroatoms. The molecule has 1 amide bonds. The predicted octanol–water partition coefficient (Wildman–Crippen LogP) is 6.50. The molecule has 0 radical (unpaired) electrons. The number of benzene rings is 2. The summed E-state index contributed by atoms with van der Waals surface area (Å²) in [6.45, 7) is 1.47. The number of fused-ring (bicyclic) bond motifs is 1. The number of nitrogens with one attached hydrogen (secondary N) is 1. The maximum Gasteiger partial charge on any atom is 0.220 e. The van der Waals surface area contributed by atoms with Gasteiger partial charge in [0.15, 0.2) is 0 Å². The molecule has 0 spiro atoms. The summed E-state index contributed by atoms with van der Waals surface area (Å²) in [5.74, 6) is 0.949. The molecule has 5 rings (SSSR count). The Bertz CT molecular complexity index is 1230. The van der Waals surface area contributed by atoms with Gasteiger partial charge in [0, 0.05) is 54.9 Å². The molecule has 1 N–H and O–H groups in total. The van der Waals surface area contributed by atoms with Gasteiger partial charge in [0.2, 0.25) is 5.91 Å². The number of aromatic nitrogens is 2. The van der Waals surface area contributed by atoms with Crippen molar-refractivity contribution in [2.75, 3.05) is 6.54 Å². The molecule has 35 heavy (non-hydrogen) atoms. The number of carbonyl (C=O) groups is 1. The van der Waals surface area contributed by atoms with E-state index < -0.39 is 0 Å². The van der Waals surface area contributed by atoms with Crippen LogP contribution in [0.4, 0.5) is 0 Å². The average molecular weight is 466 g/mol. The van der Waals surface area contributed by atoms with Crippen LogP contribution in [0.1, 0.15) is 61.3 Å². The van der Waals surface area contributed by atoms with E-state index in [1.807, 2.05) is 24.4 Å². The number of carbonyl (C=O) groups excluding carboxylic acids is 1. The van der Waals surface area contributed by atoms with Gasteiger partial charge < -0.3 is 9.88 Å². The molecule has 1 fully saturated rings.